The normalized spacial score (nSPS) is 11.0. The summed E-state index contributed by atoms with van der Waals surface area (Å²) in [6.45, 7) is 3.92. The van der Waals surface area contributed by atoms with Gasteiger partial charge in [-0.05, 0) is 73.5 Å². The van der Waals surface area contributed by atoms with Crippen molar-refractivity contribution in [2.75, 3.05) is 37.2 Å². The Morgan fingerprint density at radius 3 is 2.29 bits per heavy atom. The maximum atomic E-state index is 13.6. The molecule has 0 saturated heterocycles. The maximum Gasteiger partial charge on any atom is 0.341 e. The summed E-state index contributed by atoms with van der Waals surface area (Å²) in [5, 5.41) is 10.7. The average molecular weight is 736 g/mol. The number of methoxy groups -OCH3 is 2. The summed E-state index contributed by atoms with van der Waals surface area (Å²) >= 11 is 2.52. The number of carbonyl (C=O) groups is 4. The summed E-state index contributed by atoms with van der Waals surface area (Å²) in [7, 11) is 3.04. The third-order valence-corrected chi connectivity index (χ3v) is 9.48. The van der Waals surface area contributed by atoms with E-state index in [1.807, 2.05) is 42.6 Å². The van der Waals surface area contributed by atoms with Gasteiger partial charge in [-0.15, -0.1) is 23.1 Å². The zero-order chi connectivity index (χ0) is 37.0. The molecular formula is C40H37N3O7S2. The van der Waals surface area contributed by atoms with E-state index in [0.29, 0.717) is 49.3 Å². The molecule has 52 heavy (non-hydrogen) atoms. The van der Waals surface area contributed by atoms with Crippen molar-refractivity contribution < 1.29 is 33.4 Å². The molecule has 12 heteroatoms. The minimum Gasteiger partial charge on any atom is -0.493 e. The van der Waals surface area contributed by atoms with Gasteiger partial charge in [0.05, 0.1) is 26.6 Å². The lowest BCUT2D eigenvalue weighted by Crippen LogP contribution is -2.30. The summed E-state index contributed by atoms with van der Waals surface area (Å²) < 4.78 is 16.1. The number of thioether (sulfide) groups is 1. The number of rotatable bonds is 14. The van der Waals surface area contributed by atoms with Crippen LogP contribution in [0.1, 0.15) is 38.8 Å². The predicted molar refractivity (Wildman–Crippen MR) is 206 cm³/mol. The Morgan fingerprint density at radius 1 is 0.827 bits per heavy atom. The summed E-state index contributed by atoms with van der Waals surface area (Å²) in [6, 6.07) is 28.5. The summed E-state index contributed by atoms with van der Waals surface area (Å²) in [4.78, 5) is 53.5. The third-order valence-electron chi connectivity index (χ3n) is 7.60. The predicted octanol–water partition coefficient (Wildman–Crippen LogP) is 8.06. The number of ether oxygens (including phenoxy) is 3. The quantitative estimate of drug-likeness (QED) is 0.0593. The van der Waals surface area contributed by atoms with Crippen molar-refractivity contribution in [3.63, 3.8) is 0 Å². The zero-order valence-electron chi connectivity index (χ0n) is 29.0. The Kier molecular flexibility index (Phi) is 12.9. The highest BCUT2D eigenvalue weighted by Crippen LogP contribution is 2.37. The SMILES string of the molecule is CCOC(=O)c1c(-c2ccc(C)cc2)csc1NC(=O)CSc1cccc(NC(=O)/C(=C\c2ccc(OC)c(OC)c2)NC(=O)c2ccccc2)c1. The van der Waals surface area contributed by atoms with E-state index in [9.17, 15) is 19.2 Å². The molecule has 0 aliphatic rings. The zero-order valence-corrected chi connectivity index (χ0v) is 30.6. The first kappa shape index (κ1) is 37.4. The Bertz CT molecular complexity index is 2090. The van der Waals surface area contributed by atoms with Crippen molar-refractivity contribution in [1.82, 2.24) is 5.32 Å². The first-order valence-corrected chi connectivity index (χ1v) is 18.1. The summed E-state index contributed by atoms with van der Waals surface area (Å²) in [5.74, 6) is -0.829. The van der Waals surface area contributed by atoms with Crippen molar-refractivity contribution in [1.29, 1.82) is 0 Å². The van der Waals surface area contributed by atoms with Gasteiger partial charge in [0.2, 0.25) is 5.91 Å². The number of aryl methyl sites for hydroxylation is 1. The highest BCUT2D eigenvalue weighted by atomic mass is 32.2. The van der Waals surface area contributed by atoms with Crippen molar-refractivity contribution in [2.24, 2.45) is 0 Å². The van der Waals surface area contributed by atoms with Crippen LogP contribution < -0.4 is 25.4 Å². The minimum atomic E-state index is -0.562. The standard InChI is InChI=1S/C40H37N3O7S2/c1-5-50-40(47)36-31(27-17-14-25(2)15-18-27)23-52-39(36)43-35(44)24-51-30-13-9-12-29(22-30)41-38(46)32(42-37(45)28-10-7-6-8-11-28)20-26-16-19-33(48-3)34(21-26)49-4/h6-23H,5,24H2,1-4H3,(H,41,46)(H,42,45)(H,43,44)/b32-20+. The molecule has 0 aliphatic heterocycles. The van der Waals surface area contributed by atoms with Crippen LogP contribution in [0.2, 0.25) is 0 Å². The molecule has 0 aliphatic carbocycles. The molecule has 5 aromatic rings. The number of hydrogen-bond donors (Lipinski definition) is 3. The molecule has 3 N–H and O–H groups in total. The number of anilines is 2. The average Bonchev–Trinajstić information content (AvgIpc) is 3.57. The van der Waals surface area contributed by atoms with Crippen molar-refractivity contribution in [3.05, 3.63) is 130 Å². The molecule has 10 nitrogen and oxygen atoms in total. The van der Waals surface area contributed by atoms with E-state index in [4.69, 9.17) is 14.2 Å². The number of carbonyl (C=O) groups excluding carboxylic acids is 4. The van der Waals surface area contributed by atoms with Gasteiger partial charge in [-0.1, -0.05) is 60.2 Å². The van der Waals surface area contributed by atoms with Crippen LogP contribution >= 0.6 is 23.1 Å². The molecule has 1 aromatic heterocycles. The van der Waals surface area contributed by atoms with E-state index in [1.54, 1.807) is 79.7 Å². The molecular weight excluding hydrogens is 699 g/mol. The van der Waals surface area contributed by atoms with Crippen LogP contribution in [-0.2, 0) is 14.3 Å². The van der Waals surface area contributed by atoms with Crippen LogP contribution in [-0.4, -0.2) is 50.3 Å². The van der Waals surface area contributed by atoms with E-state index in [1.165, 1.54) is 37.3 Å². The van der Waals surface area contributed by atoms with Gasteiger partial charge in [0.1, 0.15) is 16.3 Å². The maximum absolute atomic E-state index is 13.6. The Hall–Kier alpha value is -5.85. The molecule has 3 amide bonds. The number of benzene rings is 4. The van der Waals surface area contributed by atoms with Crippen LogP contribution in [0, 0.1) is 6.92 Å². The second kappa shape index (κ2) is 17.9. The van der Waals surface area contributed by atoms with Crippen LogP contribution in [0.25, 0.3) is 17.2 Å². The lowest BCUT2D eigenvalue weighted by atomic mass is 10.0. The Labute approximate surface area is 310 Å². The van der Waals surface area contributed by atoms with E-state index in [2.05, 4.69) is 16.0 Å². The molecule has 0 atom stereocenters. The monoisotopic (exact) mass is 735 g/mol. The molecule has 4 aromatic carbocycles. The van der Waals surface area contributed by atoms with Crippen molar-refractivity contribution in [3.8, 4) is 22.6 Å². The van der Waals surface area contributed by atoms with Crippen LogP contribution in [0.4, 0.5) is 10.7 Å². The smallest absolute Gasteiger partial charge is 0.341 e. The number of thiophene rings is 1. The van der Waals surface area contributed by atoms with E-state index < -0.39 is 17.8 Å². The lowest BCUT2D eigenvalue weighted by Gasteiger charge is -2.13. The molecule has 0 fully saturated rings. The van der Waals surface area contributed by atoms with Crippen molar-refractivity contribution >= 4 is 63.6 Å². The van der Waals surface area contributed by atoms with E-state index in [0.717, 1.165) is 11.1 Å². The number of esters is 1. The second-order valence-electron chi connectivity index (χ2n) is 11.3. The molecule has 1 heterocycles. The molecule has 0 saturated carbocycles. The van der Waals surface area contributed by atoms with E-state index >= 15 is 0 Å². The highest BCUT2D eigenvalue weighted by Gasteiger charge is 2.23. The van der Waals surface area contributed by atoms with Gasteiger partial charge in [0.25, 0.3) is 11.8 Å². The molecule has 5 rings (SSSR count). The van der Waals surface area contributed by atoms with Gasteiger partial charge >= 0.3 is 5.97 Å². The van der Waals surface area contributed by atoms with Gasteiger partial charge in [-0.2, -0.15) is 0 Å². The largest absolute Gasteiger partial charge is 0.493 e. The van der Waals surface area contributed by atoms with Gasteiger partial charge in [0, 0.05) is 27.1 Å². The van der Waals surface area contributed by atoms with Crippen LogP contribution in [0.5, 0.6) is 11.5 Å². The molecule has 0 bridgehead atoms. The molecule has 0 spiro atoms. The first-order valence-electron chi connectivity index (χ1n) is 16.2. The third kappa shape index (κ3) is 9.68. The minimum absolute atomic E-state index is 0.00290. The fourth-order valence-corrected chi connectivity index (χ4v) is 6.76. The lowest BCUT2D eigenvalue weighted by molar-refractivity contribution is -0.114. The van der Waals surface area contributed by atoms with Gasteiger partial charge < -0.3 is 30.2 Å². The first-order chi connectivity index (χ1) is 25.2. The molecule has 0 radical (unpaired) electrons. The molecule has 266 valence electrons. The summed E-state index contributed by atoms with van der Waals surface area (Å²) in [6.07, 6.45) is 1.54. The van der Waals surface area contributed by atoms with Gasteiger partial charge in [-0.3, -0.25) is 14.4 Å². The summed E-state index contributed by atoms with van der Waals surface area (Å²) in [5.41, 5.74) is 4.37. The number of nitrogens with one attached hydrogen (secondary N) is 3. The van der Waals surface area contributed by atoms with Gasteiger partial charge in [0.15, 0.2) is 11.5 Å². The molecule has 0 unspecified atom stereocenters. The van der Waals surface area contributed by atoms with Crippen molar-refractivity contribution in [2.45, 2.75) is 18.7 Å². The number of amides is 3. The fourth-order valence-electron chi connectivity index (χ4n) is 5.03. The van der Waals surface area contributed by atoms with E-state index in [-0.39, 0.29) is 24.0 Å². The van der Waals surface area contributed by atoms with Crippen LogP contribution in [0.15, 0.2) is 113 Å². The fraction of sp³-hybridized carbons (Fsp3) is 0.150. The number of hydrogen-bond acceptors (Lipinski definition) is 9. The Morgan fingerprint density at radius 2 is 1.58 bits per heavy atom. The topological polar surface area (TPSA) is 132 Å². The van der Waals surface area contributed by atoms with Gasteiger partial charge in [-0.25, -0.2) is 4.79 Å². The Balaban J connectivity index is 1.30. The van der Waals surface area contributed by atoms with Crippen LogP contribution in [0.3, 0.4) is 0 Å². The second-order valence-corrected chi connectivity index (χ2v) is 13.2. The highest BCUT2D eigenvalue weighted by molar-refractivity contribution is 8.00.